The zero-order chi connectivity index (χ0) is 11.7. The van der Waals surface area contributed by atoms with E-state index in [-0.39, 0.29) is 128 Å². The predicted molar refractivity (Wildman–Crippen MR) is 52.6 cm³/mol. The van der Waals surface area contributed by atoms with Gasteiger partial charge in [-0.15, -0.1) is 0 Å². The first kappa shape index (κ1) is 19.3. The Morgan fingerprint density at radius 1 is 0.833 bits per heavy atom. The van der Waals surface area contributed by atoms with E-state index in [1.807, 2.05) is 0 Å². The Morgan fingerprint density at radius 3 is 2.00 bits per heavy atom. The first-order valence-corrected chi connectivity index (χ1v) is 4.55. The molecule has 0 aliphatic heterocycles. The first-order valence-electron chi connectivity index (χ1n) is 4.55. The van der Waals surface area contributed by atoms with Gasteiger partial charge in [0.05, 0.1) is 11.9 Å². The molecule has 2 aromatic carbocycles. The van der Waals surface area contributed by atoms with E-state index >= 15 is 0 Å². The molecule has 0 fully saturated rings. The second-order valence-electron chi connectivity index (χ2n) is 3.28. The van der Waals surface area contributed by atoms with Gasteiger partial charge in [0, 0.05) is 11.1 Å². The molecule has 0 radical (unpaired) electrons. The Hall–Kier alpha value is 1.25. The van der Waals surface area contributed by atoms with Gasteiger partial charge < -0.3 is 19.8 Å². The maximum Gasteiger partial charge on any atom is 1.00 e. The Balaban J connectivity index is 0.00000144. The monoisotopic (exact) mass is 384 g/mol. The van der Waals surface area contributed by atoms with Crippen molar-refractivity contribution in [3.63, 3.8) is 0 Å². The van der Waals surface area contributed by atoms with Crippen LogP contribution in [-0.2, 0) is 0 Å². The molecule has 0 saturated heterocycles. The van der Waals surface area contributed by atoms with Crippen LogP contribution < -0.4 is 127 Å². The van der Waals surface area contributed by atoms with E-state index in [1.54, 1.807) is 18.2 Å². The number of hydrogen-bond acceptors (Lipinski definition) is 4. The van der Waals surface area contributed by atoms with Crippen molar-refractivity contribution in [1.82, 2.24) is 0 Å². The normalized spacial score (nSPS) is 9.11. The van der Waals surface area contributed by atoms with Gasteiger partial charge in [0.1, 0.15) is 0 Å². The molecule has 2 aromatic rings. The molecule has 2 rings (SSSR count). The summed E-state index contributed by atoms with van der Waals surface area (Å²) in [5, 5.41) is 22.7. The SMILES string of the molecule is O=C([O-])c1ccc2ccccc2c1C(=O)[O-].[Rb+].[Rb+]. The molecule has 0 aliphatic carbocycles. The number of carbonyl (C=O) groups is 2. The van der Waals surface area contributed by atoms with Crippen LogP contribution in [0.3, 0.4) is 0 Å². The molecule has 0 spiro atoms. The largest absolute Gasteiger partial charge is 1.00 e. The van der Waals surface area contributed by atoms with E-state index in [0.717, 1.165) is 0 Å². The number of hydrogen-bond donors (Lipinski definition) is 0. The molecule has 0 aliphatic rings. The number of rotatable bonds is 2. The summed E-state index contributed by atoms with van der Waals surface area (Å²) in [6.45, 7) is 0. The summed E-state index contributed by atoms with van der Waals surface area (Å²) in [5.41, 5.74) is -0.697. The van der Waals surface area contributed by atoms with Gasteiger partial charge in [-0.25, -0.2) is 0 Å². The molecule has 18 heavy (non-hydrogen) atoms. The van der Waals surface area contributed by atoms with Crippen molar-refractivity contribution < 1.29 is 136 Å². The smallest absolute Gasteiger partial charge is 0.545 e. The summed E-state index contributed by atoms with van der Waals surface area (Å²) in [4.78, 5) is 21.7. The Kier molecular flexibility index (Phi) is 9.11. The van der Waals surface area contributed by atoms with Gasteiger partial charge in [0.15, 0.2) is 0 Å². The fourth-order valence-electron chi connectivity index (χ4n) is 1.66. The van der Waals surface area contributed by atoms with Crippen LogP contribution in [0.4, 0.5) is 0 Å². The minimum atomic E-state index is -1.52. The van der Waals surface area contributed by atoms with Crippen molar-refractivity contribution in [1.29, 1.82) is 0 Å². The van der Waals surface area contributed by atoms with E-state index in [9.17, 15) is 19.8 Å². The van der Waals surface area contributed by atoms with Crippen molar-refractivity contribution in [3.05, 3.63) is 47.5 Å². The van der Waals surface area contributed by atoms with Gasteiger partial charge in [0.25, 0.3) is 0 Å². The molecule has 0 N–H and O–H groups in total. The maximum atomic E-state index is 10.9. The fraction of sp³-hybridized carbons (Fsp3) is 0. The summed E-state index contributed by atoms with van der Waals surface area (Å²) in [6.07, 6.45) is 0. The Morgan fingerprint density at radius 2 is 1.44 bits per heavy atom. The average molecular weight is 385 g/mol. The van der Waals surface area contributed by atoms with Gasteiger partial charge in [-0.05, 0) is 10.8 Å². The van der Waals surface area contributed by atoms with Crippen LogP contribution in [0.2, 0.25) is 0 Å². The van der Waals surface area contributed by atoms with Crippen LogP contribution in [0.15, 0.2) is 36.4 Å². The fourth-order valence-corrected chi connectivity index (χ4v) is 1.66. The molecule has 0 unspecified atom stereocenters. The topological polar surface area (TPSA) is 80.3 Å². The first-order chi connectivity index (χ1) is 7.61. The zero-order valence-corrected chi connectivity index (χ0v) is 19.9. The summed E-state index contributed by atoms with van der Waals surface area (Å²) >= 11 is 0. The Bertz CT molecular complexity index is 596. The molecule has 6 heteroatoms. The van der Waals surface area contributed by atoms with Gasteiger partial charge in [-0.2, -0.15) is 0 Å². The summed E-state index contributed by atoms with van der Waals surface area (Å²) < 4.78 is 0. The van der Waals surface area contributed by atoms with Crippen molar-refractivity contribution in [2.24, 2.45) is 0 Å². The van der Waals surface area contributed by atoms with Crippen LogP contribution >= 0.6 is 0 Å². The number of carbonyl (C=O) groups excluding carboxylic acids is 2. The number of benzene rings is 2. The second kappa shape index (κ2) is 8.52. The van der Waals surface area contributed by atoms with E-state index in [2.05, 4.69) is 0 Å². The van der Waals surface area contributed by atoms with Crippen molar-refractivity contribution in [3.8, 4) is 0 Å². The molecule has 0 heterocycles. The van der Waals surface area contributed by atoms with Gasteiger partial charge in [-0.3, -0.25) is 0 Å². The summed E-state index contributed by atoms with van der Waals surface area (Å²) in [5.74, 6) is -3.04. The molecule has 4 nitrogen and oxygen atoms in total. The van der Waals surface area contributed by atoms with Crippen molar-refractivity contribution >= 4 is 22.7 Å². The molecule has 0 aromatic heterocycles. The van der Waals surface area contributed by atoms with Crippen LogP contribution in [-0.4, -0.2) is 11.9 Å². The number of carboxylic acids is 2. The van der Waals surface area contributed by atoms with Crippen LogP contribution in [0.5, 0.6) is 0 Å². The third kappa shape index (κ3) is 4.12. The minimum absolute atomic E-state index is 0. The third-order valence-corrected chi connectivity index (χ3v) is 2.35. The maximum absolute atomic E-state index is 10.9. The number of carboxylic acid groups (broad SMARTS) is 2. The summed E-state index contributed by atoms with van der Waals surface area (Å²) in [7, 11) is 0. The number of aromatic carboxylic acids is 2. The second-order valence-corrected chi connectivity index (χ2v) is 3.28. The van der Waals surface area contributed by atoms with Gasteiger partial charge >= 0.3 is 116 Å². The van der Waals surface area contributed by atoms with Crippen LogP contribution in [0, 0.1) is 0 Å². The Labute approximate surface area is 201 Å². The van der Waals surface area contributed by atoms with E-state index in [1.165, 1.54) is 18.2 Å². The molecular formula is C12H6O4Rb2. The molecule has 80 valence electrons. The average Bonchev–Trinajstić information content (AvgIpc) is 2.27. The molecule has 0 bridgehead atoms. The van der Waals surface area contributed by atoms with E-state index in [4.69, 9.17) is 0 Å². The molecule has 0 amide bonds. The van der Waals surface area contributed by atoms with Crippen LogP contribution in [0.1, 0.15) is 20.7 Å². The molecule has 0 atom stereocenters. The van der Waals surface area contributed by atoms with Crippen LogP contribution in [0.25, 0.3) is 10.8 Å². The third-order valence-electron chi connectivity index (χ3n) is 2.35. The van der Waals surface area contributed by atoms with Gasteiger partial charge in [0.2, 0.25) is 0 Å². The summed E-state index contributed by atoms with van der Waals surface area (Å²) in [6, 6.07) is 9.34. The van der Waals surface area contributed by atoms with E-state index < -0.39 is 11.9 Å². The quantitative estimate of drug-likeness (QED) is 0.515. The zero-order valence-electron chi connectivity index (χ0n) is 10.1. The number of fused-ring (bicyclic) bond motifs is 1. The van der Waals surface area contributed by atoms with Gasteiger partial charge in [-0.1, -0.05) is 36.4 Å². The van der Waals surface area contributed by atoms with Crippen molar-refractivity contribution in [2.45, 2.75) is 0 Å². The van der Waals surface area contributed by atoms with E-state index in [0.29, 0.717) is 10.8 Å². The standard InChI is InChI=1S/C12H8O4.2Rb/c13-11(14)9-6-5-7-3-1-2-4-8(7)10(9)12(15)16;;/h1-6H,(H,13,14)(H,15,16);;/q;2*+1/p-2. The minimum Gasteiger partial charge on any atom is -0.545 e. The predicted octanol–water partition coefficient (Wildman–Crippen LogP) is -6.43. The molecular weight excluding hydrogens is 379 g/mol. The molecule has 0 saturated carbocycles. The van der Waals surface area contributed by atoms with Crippen molar-refractivity contribution in [2.75, 3.05) is 0 Å².